The van der Waals surface area contributed by atoms with Crippen LogP contribution in [0.1, 0.15) is 5.56 Å². The molecular weight excluding hydrogens is 242 g/mol. The number of benzene rings is 1. The number of aryl methyl sites for hydroxylation is 2. The maximum Gasteiger partial charge on any atom is 0.223 e. The van der Waals surface area contributed by atoms with E-state index in [1.165, 1.54) is 0 Å². The summed E-state index contributed by atoms with van der Waals surface area (Å²) >= 11 is 0. The Morgan fingerprint density at radius 1 is 1.21 bits per heavy atom. The number of hydrogen-bond acceptors (Lipinski definition) is 5. The molecule has 0 spiro atoms. The topological polar surface area (TPSA) is 99.8 Å². The maximum absolute atomic E-state index is 12.5. The third-order valence-corrected chi connectivity index (χ3v) is 3.24. The van der Waals surface area contributed by atoms with Crippen molar-refractivity contribution >= 4 is 33.7 Å². The molecule has 0 amide bonds. The summed E-state index contributed by atoms with van der Waals surface area (Å²) in [5, 5.41) is 0.911. The van der Waals surface area contributed by atoms with Crippen LogP contribution in [0.25, 0.3) is 21.9 Å². The lowest BCUT2D eigenvalue weighted by Gasteiger charge is -2.11. The smallest absolute Gasteiger partial charge is 0.223 e. The Bertz CT molecular complexity index is 882. The summed E-state index contributed by atoms with van der Waals surface area (Å²) in [6, 6.07) is 5.62. The monoisotopic (exact) mass is 255 g/mol. The molecule has 0 saturated heterocycles. The van der Waals surface area contributed by atoms with Gasteiger partial charge in [-0.1, -0.05) is 6.07 Å². The van der Waals surface area contributed by atoms with Gasteiger partial charge < -0.3 is 16.0 Å². The van der Waals surface area contributed by atoms with E-state index in [1.807, 2.05) is 30.7 Å². The van der Waals surface area contributed by atoms with Gasteiger partial charge in [-0.25, -0.2) is 0 Å². The van der Waals surface area contributed by atoms with Gasteiger partial charge in [0.1, 0.15) is 11.2 Å². The van der Waals surface area contributed by atoms with E-state index in [2.05, 4.69) is 9.97 Å². The number of nitrogen functional groups attached to an aromatic ring is 2. The van der Waals surface area contributed by atoms with Crippen LogP contribution in [0.3, 0.4) is 0 Å². The fourth-order valence-electron chi connectivity index (χ4n) is 2.30. The van der Waals surface area contributed by atoms with Gasteiger partial charge in [-0.3, -0.25) is 4.79 Å². The van der Waals surface area contributed by atoms with Crippen molar-refractivity contribution in [2.45, 2.75) is 6.92 Å². The van der Waals surface area contributed by atoms with Crippen LogP contribution in [0.2, 0.25) is 0 Å². The molecule has 0 bridgehead atoms. The number of nitrogens with two attached hydrogens (primary N) is 2. The molecule has 0 atom stereocenters. The van der Waals surface area contributed by atoms with Gasteiger partial charge in [0, 0.05) is 12.4 Å². The maximum atomic E-state index is 12.5. The summed E-state index contributed by atoms with van der Waals surface area (Å²) in [4.78, 5) is 20.5. The van der Waals surface area contributed by atoms with E-state index in [-0.39, 0.29) is 17.2 Å². The lowest BCUT2D eigenvalue weighted by atomic mass is 10.1. The van der Waals surface area contributed by atoms with Gasteiger partial charge in [-0.2, -0.15) is 9.97 Å². The molecule has 0 aliphatic carbocycles. The lowest BCUT2D eigenvalue weighted by Crippen LogP contribution is -2.14. The molecule has 0 fully saturated rings. The predicted octanol–water partition coefficient (Wildman–Crippen LogP) is 0.955. The number of fused-ring (bicyclic) bond motifs is 2. The minimum Gasteiger partial charge on any atom is -0.383 e. The van der Waals surface area contributed by atoms with Crippen LogP contribution < -0.4 is 16.9 Å². The molecule has 0 aliphatic heterocycles. The molecule has 1 aromatic carbocycles. The van der Waals surface area contributed by atoms with Crippen molar-refractivity contribution in [2.75, 3.05) is 11.5 Å². The van der Waals surface area contributed by atoms with Crippen molar-refractivity contribution in [3.63, 3.8) is 0 Å². The minimum atomic E-state index is -0.166. The third kappa shape index (κ3) is 1.53. The summed E-state index contributed by atoms with van der Waals surface area (Å²) in [7, 11) is 1.83. The molecule has 4 N–H and O–H groups in total. The van der Waals surface area contributed by atoms with Crippen LogP contribution in [0, 0.1) is 6.92 Å². The number of aromatic nitrogens is 3. The van der Waals surface area contributed by atoms with E-state index >= 15 is 0 Å². The molecule has 0 radical (unpaired) electrons. The first-order chi connectivity index (χ1) is 8.99. The van der Waals surface area contributed by atoms with E-state index in [0.29, 0.717) is 16.4 Å². The van der Waals surface area contributed by atoms with Gasteiger partial charge in [-0.15, -0.1) is 0 Å². The summed E-state index contributed by atoms with van der Waals surface area (Å²) in [6.07, 6.45) is 0. The highest BCUT2D eigenvalue weighted by Crippen LogP contribution is 2.21. The van der Waals surface area contributed by atoms with E-state index in [0.717, 1.165) is 11.1 Å². The Balaban J connectivity index is 2.69. The summed E-state index contributed by atoms with van der Waals surface area (Å²) in [5.41, 5.74) is 13.6. The van der Waals surface area contributed by atoms with Gasteiger partial charge in [0.25, 0.3) is 0 Å². The first kappa shape index (κ1) is 11.5. The number of anilines is 2. The number of rotatable bonds is 0. The molecule has 2 heterocycles. The third-order valence-electron chi connectivity index (χ3n) is 3.24. The Labute approximate surface area is 108 Å². The zero-order chi connectivity index (χ0) is 13.7. The van der Waals surface area contributed by atoms with Crippen LogP contribution in [-0.2, 0) is 7.05 Å². The Morgan fingerprint density at radius 2 is 1.95 bits per heavy atom. The van der Waals surface area contributed by atoms with Gasteiger partial charge in [0.2, 0.25) is 11.4 Å². The molecule has 2 aromatic heterocycles. The molecule has 96 valence electrons. The summed E-state index contributed by atoms with van der Waals surface area (Å²) in [5.74, 6) is 0.178. The molecule has 6 heteroatoms. The van der Waals surface area contributed by atoms with E-state index in [9.17, 15) is 4.79 Å². The Kier molecular flexibility index (Phi) is 2.22. The average molecular weight is 255 g/mol. The standard InChI is InChI=1S/C13H13N5O/c1-6-3-4-7-8(5-6)18(2)12-9(10(7)19)11(14)16-13(15)17-12/h3-5H,1-2H3,(H4,14,15,16,17). The number of pyridine rings is 1. The van der Waals surface area contributed by atoms with Crippen molar-refractivity contribution in [1.29, 1.82) is 0 Å². The molecule has 3 rings (SSSR count). The minimum absolute atomic E-state index is 0.0620. The molecule has 0 aliphatic rings. The highest BCUT2D eigenvalue weighted by Gasteiger charge is 2.14. The van der Waals surface area contributed by atoms with Crippen LogP contribution in [0.4, 0.5) is 11.8 Å². The van der Waals surface area contributed by atoms with Crippen molar-refractivity contribution < 1.29 is 0 Å². The van der Waals surface area contributed by atoms with E-state index in [1.54, 1.807) is 6.07 Å². The first-order valence-electron chi connectivity index (χ1n) is 5.81. The molecular formula is C13H13N5O. The zero-order valence-corrected chi connectivity index (χ0v) is 10.6. The molecule has 19 heavy (non-hydrogen) atoms. The largest absolute Gasteiger partial charge is 0.383 e. The van der Waals surface area contributed by atoms with Crippen LogP contribution >= 0.6 is 0 Å². The van der Waals surface area contributed by atoms with Crippen LogP contribution in [-0.4, -0.2) is 14.5 Å². The van der Waals surface area contributed by atoms with Crippen molar-refractivity contribution in [1.82, 2.24) is 14.5 Å². The fraction of sp³-hybridized carbons (Fsp3) is 0.154. The highest BCUT2D eigenvalue weighted by atomic mass is 16.1. The van der Waals surface area contributed by atoms with Crippen LogP contribution in [0.15, 0.2) is 23.0 Å². The Morgan fingerprint density at radius 3 is 2.68 bits per heavy atom. The number of hydrogen-bond donors (Lipinski definition) is 2. The molecule has 0 unspecified atom stereocenters. The fourth-order valence-corrected chi connectivity index (χ4v) is 2.30. The van der Waals surface area contributed by atoms with Gasteiger partial charge in [0.05, 0.1) is 5.52 Å². The second-order valence-electron chi connectivity index (χ2n) is 4.57. The van der Waals surface area contributed by atoms with Crippen LogP contribution in [0.5, 0.6) is 0 Å². The Hall–Kier alpha value is -2.63. The zero-order valence-electron chi connectivity index (χ0n) is 10.6. The summed E-state index contributed by atoms with van der Waals surface area (Å²) < 4.78 is 1.81. The first-order valence-corrected chi connectivity index (χ1v) is 5.81. The molecule has 3 aromatic rings. The number of nitrogens with zero attached hydrogens (tertiary/aromatic N) is 3. The normalized spacial score (nSPS) is 11.3. The molecule has 0 saturated carbocycles. The van der Waals surface area contributed by atoms with Crippen molar-refractivity contribution in [3.8, 4) is 0 Å². The van der Waals surface area contributed by atoms with Gasteiger partial charge in [-0.05, 0) is 24.6 Å². The second-order valence-corrected chi connectivity index (χ2v) is 4.57. The quantitative estimate of drug-likeness (QED) is 0.583. The lowest BCUT2D eigenvalue weighted by molar-refractivity contribution is 0.971. The second kappa shape index (κ2) is 3.68. The SMILES string of the molecule is Cc1ccc2c(=O)c3c(N)nc(N)nc3n(C)c2c1. The summed E-state index contributed by atoms with van der Waals surface area (Å²) in [6.45, 7) is 1.97. The average Bonchev–Trinajstić information content (AvgIpc) is 2.35. The van der Waals surface area contributed by atoms with E-state index in [4.69, 9.17) is 11.5 Å². The predicted molar refractivity (Wildman–Crippen MR) is 75.8 cm³/mol. The van der Waals surface area contributed by atoms with Gasteiger partial charge in [0.15, 0.2) is 5.65 Å². The van der Waals surface area contributed by atoms with E-state index < -0.39 is 0 Å². The van der Waals surface area contributed by atoms with Crippen molar-refractivity contribution in [2.24, 2.45) is 7.05 Å². The van der Waals surface area contributed by atoms with Gasteiger partial charge >= 0.3 is 0 Å². The molecule has 6 nitrogen and oxygen atoms in total. The highest BCUT2D eigenvalue weighted by molar-refractivity contribution is 5.96. The van der Waals surface area contributed by atoms with Crippen molar-refractivity contribution in [3.05, 3.63) is 34.0 Å².